The molecule has 0 bridgehead atoms. The van der Waals surface area contributed by atoms with Gasteiger partial charge in [-0.1, -0.05) is 25.1 Å². The molecular weight excluding hydrogens is 534 g/mol. The number of hydrazine groups is 2. The summed E-state index contributed by atoms with van der Waals surface area (Å²) in [6.07, 6.45) is 0.495. The first-order valence-electron chi connectivity index (χ1n) is 14.1. The molecule has 3 atom stereocenters. The summed E-state index contributed by atoms with van der Waals surface area (Å²) >= 11 is 0. The molecule has 0 radical (unpaired) electrons. The minimum absolute atomic E-state index is 0.137. The van der Waals surface area contributed by atoms with E-state index in [9.17, 15) is 10.2 Å². The lowest BCUT2D eigenvalue weighted by atomic mass is 9.88. The summed E-state index contributed by atoms with van der Waals surface area (Å²) in [4.78, 5) is 0. The first kappa shape index (κ1) is 29.8. The first-order chi connectivity index (χ1) is 20.0. The Hall–Kier alpha value is -2.68. The summed E-state index contributed by atoms with van der Waals surface area (Å²) in [5.74, 6) is 0.152. The van der Waals surface area contributed by atoms with Gasteiger partial charge >= 0.3 is 0 Å². The SMILES string of the molecule is CCC(COCC(O)COCCc1ccc(O)c(N2Nc3ccccc3N2)c1)(COCC1CO1)COCC1OCO1. The highest BCUT2D eigenvalue weighted by Gasteiger charge is 2.33. The summed E-state index contributed by atoms with van der Waals surface area (Å²) < 4.78 is 39.1. The molecule has 3 unspecified atom stereocenters. The fourth-order valence-electron chi connectivity index (χ4n) is 4.47. The molecule has 0 spiro atoms. The van der Waals surface area contributed by atoms with Crippen LogP contribution in [0, 0.1) is 5.41 Å². The lowest BCUT2D eigenvalue weighted by Crippen LogP contribution is -2.41. The number of hydrogen-bond acceptors (Lipinski definition) is 12. The van der Waals surface area contributed by atoms with Gasteiger partial charge < -0.3 is 43.4 Å². The Morgan fingerprint density at radius 3 is 2.29 bits per heavy atom. The number of phenols is 1. The van der Waals surface area contributed by atoms with Crippen molar-refractivity contribution in [3.63, 3.8) is 0 Å². The van der Waals surface area contributed by atoms with Crippen LogP contribution in [0.5, 0.6) is 5.75 Å². The Bertz CT molecular complexity index is 1080. The van der Waals surface area contributed by atoms with Crippen molar-refractivity contribution < 1.29 is 43.4 Å². The lowest BCUT2D eigenvalue weighted by Gasteiger charge is -2.34. The topological polar surface area (TPSA) is 136 Å². The maximum absolute atomic E-state index is 10.5. The van der Waals surface area contributed by atoms with Gasteiger partial charge in [0.15, 0.2) is 13.1 Å². The Morgan fingerprint density at radius 2 is 1.63 bits per heavy atom. The third kappa shape index (κ3) is 8.66. The molecule has 12 heteroatoms. The molecule has 5 rings (SSSR count). The molecule has 2 fully saturated rings. The Morgan fingerprint density at radius 1 is 0.951 bits per heavy atom. The van der Waals surface area contributed by atoms with Crippen LogP contribution in [0.1, 0.15) is 18.9 Å². The van der Waals surface area contributed by atoms with Crippen molar-refractivity contribution in [1.82, 2.24) is 0 Å². The van der Waals surface area contributed by atoms with E-state index in [1.165, 1.54) is 0 Å². The highest BCUT2D eigenvalue weighted by Crippen LogP contribution is 2.35. The Labute approximate surface area is 240 Å². The number of fused-ring (bicyclic) bond motifs is 1. The van der Waals surface area contributed by atoms with E-state index in [0.717, 1.165) is 30.0 Å². The van der Waals surface area contributed by atoms with E-state index in [4.69, 9.17) is 33.2 Å². The van der Waals surface area contributed by atoms with E-state index in [2.05, 4.69) is 17.8 Å². The van der Waals surface area contributed by atoms with Gasteiger partial charge in [-0.25, -0.2) is 0 Å². The molecule has 3 aliphatic heterocycles. The number of benzene rings is 2. The molecule has 0 saturated carbocycles. The molecule has 226 valence electrons. The molecule has 0 aromatic heterocycles. The van der Waals surface area contributed by atoms with Crippen molar-refractivity contribution in [2.45, 2.75) is 38.3 Å². The number of nitrogens with zero attached hydrogens (tertiary/aromatic N) is 1. The van der Waals surface area contributed by atoms with Crippen LogP contribution in [0.4, 0.5) is 17.1 Å². The van der Waals surface area contributed by atoms with Gasteiger partial charge in [0.05, 0.1) is 70.8 Å². The van der Waals surface area contributed by atoms with Crippen molar-refractivity contribution >= 4 is 17.1 Å². The summed E-state index contributed by atoms with van der Waals surface area (Å²) in [5.41, 5.74) is 9.55. The van der Waals surface area contributed by atoms with E-state index >= 15 is 0 Å². The number of epoxide rings is 1. The van der Waals surface area contributed by atoms with Gasteiger partial charge in [-0.15, -0.1) is 0 Å². The molecular formula is C29H41N3O9. The predicted octanol–water partition coefficient (Wildman–Crippen LogP) is 2.66. The van der Waals surface area contributed by atoms with Crippen LogP contribution in [0.2, 0.25) is 0 Å². The number of ether oxygens (including phenoxy) is 7. The summed E-state index contributed by atoms with van der Waals surface area (Å²) in [6.45, 7) is 5.98. The number of aromatic hydroxyl groups is 1. The number of nitrogens with one attached hydrogen (secondary N) is 2. The fourth-order valence-corrected chi connectivity index (χ4v) is 4.47. The number of aliphatic hydroxyl groups excluding tert-OH is 1. The van der Waals surface area contributed by atoms with Gasteiger partial charge in [-0.3, -0.25) is 10.9 Å². The van der Waals surface area contributed by atoms with Gasteiger partial charge in [0.25, 0.3) is 0 Å². The van der Waals surface area contributed by atoms with E-state index in [-0.39, 0.29) is 36.8 Å². The number of phenolic OH excluding ortho intramolecular Hbond substituents is 1. The number of hydrogen-bond donors (Lipinski definition) is 4. The molecule has 41 heavy (non-hydrogen) atoms. The second kappa shape index (κ2) is 14.5. The smallest absolute Gasteiger partial charge is 0.186 e. The second-order valence-corrected chi connectivity index (χ2v) is 10.6. The molecule has 3 heterocycles. The molecule has 0 aliphatic carbocycles. The summed E-state index contributed by atoms with van der Waals surface area (Å²) in [5, 5.41) is 22.5. The zero-order chi connectivity index (χ0) is 28.5. The summed E-state index contributed by atoms with van der Waals surface area (Å²) in [7, 11) is 0. The van der Waals surface area contributed by atoms with E-state index in [1.54, 1.807) is 11.2 Å². The van der Waals surface area contributed by atoms with Crippen molar-refractivity contribution in [2.24, 2.45) is 5.41 Å². The molecule has 4 N–H and O–H groups in total. The second-order valence-electron chi connectivity index (χ2n) is 10.6. The van der Waals surface area contributed by atoms with Crippen LogP contribution in [0.3, 0.4) is 0 Å². The van der Waals surface area contributed by atoms with Crippen LogP contribution < -0.4 is 16.0 Å². The molecule has 2 aromatic rings. The Kier molecular flexibility index (Phi) is 10.5. The highest BCUT2D eigenvalue weighted by molar-refractivity contribution is 5.80. The maximum Gasteiger partial charge on any atom is 0.186 e. The maximum atomic E-state index is 10.5. The quantitative estimate of drug-likeness (QED) is 0.145. The average molecular weight is 576 g/mol. The zero-order valence-electron chi connectivity index (χ0n) is 23.5. The van der Waals surface area contributed by atoms with Crippen molar-refractivity contribution in [3.8, 4) is 5.75 Å². The van der Waals surface area contributed by atoms with Crippen molar-refractivity contribution in [3.05, 3.63) is 48.0 Å². The van der Waals surface area contributed by atoms with Crippen LogP contribution in [-0.4, -0.2) is 95.0 Å². The van der Waals surface area contributed by atoms with Crippen molar-refractivity contribution in [1.29, 1.82) is 0 Å². The molecule has 2 aromatic carbocycles. The standard InChI is InChI=1S/C29H41N3O9/c1-2-29(18-37-14-23-15-39-23,19-38-16-28-40-20-41-28)17-36-13-22(33)12-35-10-9-21-7-8-27(34)26(11-21)32-30-24-5-3-4-6-25(24)31-32/h3-8,11,22-23,28,30-31,33-34H,2,9-10,12-20H2,1H3. The van der Waals surface area contributed by atoms with Crippen LogP contribution in [-0.2, 0) is 39.6 Å². The van der Waals surface area contributed by atoms with Gasteiger partial charge in [-0.05, 0) is 42.7 Å². The van der Waals surface area contributed by atoms with Crippen LogP contribution in [0.15, 0.2) is 42.5 Å². The fraction of sp³-hybridized carbons (Fsp3) is 0.586. The molecule has 12 nitrogen and oxygen atoms in total. The van der Waals surface area contributed by atoms with Gasteiger partial charge in [-0.2, -0.15) is 5.12 Å². The van der Waals surface area contributed by atoms with Gasteiger partial charge in [0.2, 0.25) is 0 Å². The Balaban J connectivity index is 1.02. The molecule has 3 aliphatic rings. The van der Waals surface area contributed by atoms with Gasteiger partial charge in [0.1, 0.15) is 23.6 Å². The number of para-hydroxylation sites is 2. The van der Waals surface area contributed by atoms with Crippen LogP contribution in [0.25, 0.3) is 0 Å². The van der Waals surface area contributed by atoms with E-state index in [1.807, 2.05) is 36.4 Å². The third-order valence-electron chi connectivity index (χ3n) is 7.27. The highest BCUT2D eigenvalue weighted by atomic mass is 16.9. The lowest BCUT2D eigenvalue weighted by molar-refractivity contribution is -0.334. The zero-order valence-corrected chi connectivity index (χ0v) is 23.5. The van der Waals surface area contributed by atoms with E-state index < -0.39 is 6.10 Å². The minimum Gasteiger partial charge on any atom is -0.506 e. The number of rotatable bonds is 19. The average Bonchev–Trinajstić information content (AvgIpc) is 3.68. The monoisotopic (exact) mass is 575 g/mol. The minimum atomic E-state index is -0.769. The van der Waals surface area contributed by atoms with Crippen LogP contribution >= 0.6 is 0 Å². The largest absolute Gasteiger partial charge is 0.506 e. The van der Waals surface area contributed by atoms with Crippen molar-refractivity contribution in [2.75, 3.05) is 82.2 Å². The number of aliphatic hydroxyl groups is 1. The number of anilines is 3. The third-order valence-corrected chi connectivity index (χ3v) is 7.27. The van der Waals surface area contributed by atoms with Gasteiger partial charge in [0, 0.05) is 5.41 Å². The summed E-state index contributed by atoms with van der Waals surface area (Å²) in [6, 6.07) is 13.2. The molecule has 2 saturated heterocycles. The van der Waals surface area contributed by atoms with E-state index in [0.29, 0.717) is 58.5 Å². The predicted molar refractivity (Wildman–Crippen MR) is 151 cm³/mol. The first-order valence-corrected chi connectivity index (χ1v) is 14.1. The normalized spacial score (nSPS) is 20.0. The molecule has 0 amide bonds.